The summed E-state index contributed by atoms with van der Waals surface area (Å²) in [6.07, 6.45) is 7.95. The SMILES string of the molecule is CCN1CCN(c2ccc(CNC(=NC)NC3CCC(SC)C3)cn2)CC1.I. The number of anilines is 1. The molecule has 6 nitrogen and oxygen atoms in total. The number of aromatic nitrogens is 1. The first kappa shape index (κ1) is 23.5. The van der Waals surface area contributed by atoms with Crippen LogP contribution in [-0.2, 0) is 6.54 Å². The van der Waals surface area contributed by atoms with Crippen LogP contribution in [0.25, 0.3) is 0 Å². The number of nitrogens with one attached hydrogen (secondary N) is 2. The van der Waals surface area contributed by atoms with E-state index in [4.69, 9.17) is 0 Å². The van der Waals surface area contributed by atoms with E-state index in [2.05, 4.69) is 55.7 Å². The Morgan fingerprint density at radius 2 is 2.04 bits per heavy atom. The highest BCUT2D eigenvalue weighted by Gasteiger charge is 2.24. The summed E-state index contributed by atoms with van der Waals surface area (Å²) in [5, 5.41) is 7.78. The lowest BCUT2D eigenvalue weighted by Crippen LogP contribution is -2.46. The first-order chi connectivity index (χ1) is 13.2. The molecule has 2 N–H and O–H groups in total. The Kier molecular flexibility index (Phi) is 10.1. The maximum absolute atomic E-state index is 4.69. The second kappa shape index (κ2) is 12.1. The number of rotatable bonds is 6. The Morgan fingerprint density at radius 1 is 1.25 bits per heavy atom. The van der Waals surface area contributed by atoms with Crippen LogP contribution in [0, 0.1) is 0 Å². The molecule has 2 unspecified atom stereocenters. The highest BCUT2D eigenvalue weighted by molar-refractivity contribution is 14.0. The number of hydrogen-bond donors (Lipinski definition) is 2. The van der Waals surface area contributed by atoms with Crippen LogP contribution in [0.3, 0.4) is 0 Å². The van der Waals surface area contributed by atoms with Crippen LogP contribution >= 0.6 is 35.7 Å². The molecule has 2 fully saturated rings. The summed E-state index contributed by atoms with van der Waals surface area (Å²) in [4.78, 5) is 13.9. The van der Waals surface area contributed by atoms with Crippen molar-refractivity contribution in [3.05, 3.63) is 23.9 Å². The first-order valence-electron chi connectivity index (χ1n) is 10.1. The van der Waals surface area contributed by atoms with E-state index >= 15 is 0 Å². The molecule has 2 aliphatic rings. The second-order valence-electron chi connectivity index (χ2n) is 7.38. The number of nitrogens with zero attached hydrogens (tertiary/aromatic N) is 4. The predicted octanol–water partition coefficient (Wildman–Crippen LogP) is 2.79. The number of piperazine rings is 1. The van der Waals surface area contributed by atoms with E-state index in [-0.39, 0.29) is 24.0 Å². The van der Waals surface area contributed by atoms with Crippen LogP contribution in [0.5, 0.6) is 0 Å². The quantitative estimate of drug-likeness (QED) is 0.343. The van der Waals surface area contributed by atoms with Crippen LogP contribution < -0.4 is 15.5 Å². The fraction of sp³-hybridized carbons (Fsp3) is 0.700. The van der Waals surface area contributed by atoms with Gasteiger partial charge in [-0.2, -0.15) is 11.8 Å². The van der Waals surface area contributed by atoms with Gasteiger partial charge in [-0.1, -0.05) is 13.0 Å². The molecule has 1 aromatic rings. The van der Waals surface area contributed by atoms with E-state index in [1.807, 2.05) is 25.0 Å². The molecule has 0 radical (unpaired) electrons. The summed E-state index contributed by atoms with van der Waals surface area (Å²) in [5.41, 5.74) is 1.18. The molecule has 1 aliphatic heterocycles. The zero-order valence-electron chi connectivity index (χ0n) is 17.4. The van der Waals surface area contributed by atoms with Crippen molar-refractivity contribution in [2.75, 3.05) is 50.9 Å². The molecular formula is C20H35IN6S. The van der Waals surface area contributed by atoms with Crippen molar-refractivity contribution in [2.24, 2.45) is 4.99 Å². The number of thioether (sulfide) groups is 1. The van der Waals surface area contributed by atoms with Gasteiger partial charge in [-0.15, -0.1) is 24.0 Å². The number of likely N-dealkylation sites (N-methyl/N-ethyl adjacent to an activating group) is 1. The topological polar surface area (TPSA) is 55.8 Å². The molecule has 2 heterocycles. The lowest BCUT2D eigenvalue weighted by atomic mass is 10.2. The van der Waals surface area contributed by atoms with Crippen molar-refractivity contribution >= 4 is 47.5 Å². The molecule has 1 saturated carbocycles. The average molecular weight is 519 g/mol. The van der Waals surface area contributed by atoms with Gasteiger partial charge in [0.15, 0.2) is 5.96 Å². The maximum atomic E-state index is 4.69. The van der Waals surface area contributed by atoms with Crippen LogP contribution in [0.1, 0.15) is 31.7 Å². The molecular weight excluding hydrogens is 483 g/mol. The standard InChI is InChI=1S/C20H34N6S.HI/c1-4-25-9-11-26(12-10-25)19-8-5-16(14-22-19)15-23-20(21-2)24-17-6-7-18(13-17)27-3;/h5,8,14,17-18H,4,6-7,9-13,15H2,1-3H3,(H2,21,23,24);1H. The van der Waals surface area contributed by atoms with Crippen LogP contribution in [0.2, 0.25) is 0 Å². The van der Waals surface area contributed by atoms with E-state index in [1.165, 1.54) is 24.8 Å². The zero-order valence-corrected chi connectivity index (χ0v) is 20.5. The molecule has 0 aromatic carbocycles. The summed E-state index contributed by atoms with van der Waals surface area (Å²) < 4.78 is 0. The summed E-state index contributed by atoms with van der Waals surface area (Å²) >= 11 is 1.98. The number of halogens is 1. The third kappa shape index (κ3) is 6.66. The Labute approximate surface area is 191 Å². The summed E-state index contributed by atoms with van der Waals surface area (Å²) in [6, 6.07) is 4.86. The smallest absolute Gasteiger partial charge is 0.191 e. The van der Waals surface area contributed by atoms with Gasteiger partial charge in [0.1, 0.15) is 5.82 Å². The molecule has 0 amide bonds. The molecule has 0 spiro atoms. The third-order valence-corrected chi connectivity index (χ3v) is 6.79. The van der Waals surface area contributed by atoms with E-state index in [0.29, 0.717) is 6.04 Å². The highest BCUT2D eigenvalue weighted by Crippen LogP contribution is 2.28. The minimum atomic E-state index is 0. The van der Waals surface area contributed by atoms with Crippen molar-refractivity contribution in [1.29, 1.82) is 0 Å². The van der Waals surface area contributed by atoms with Gasteiger partial charge in [-0.05, 0) is 43.7 Å². The van der Waals surface area contributed by atoms with Crippen molar-refractivity contribution in [3.8, 4) is 0 Å². The molecule has 28 heavy (non-hydrogen) atoms. The van der Waals surface area contributed by atoms with Crippen LogP contribution in [-0.4, -0.2) is 73.2 Å². The maximum Gasteiger partial charge on any atom is 0.191 e. The normalized spacial score (nSPS) is 23.4. The predicted molar refractivity (Wildman–Crippen MR) is 132 cm³/mol. The van der Waals surface area contributed by atoms with Gasteiger partial charge >= 0.3 is 0 Å². The zero-order chi connectivity index (χ0) is 19.1. The van der Waals surface area contributed by atoms with Crippen LogP contribution in [0.4, 0.5) is 5.82 Å². The van der Waals surface area contributed by atoms with Gasteiger partial charge in [-0.25, -0.2) is 4.98 Å². The van der Waals surface area contributed by atoms with Crippen molar-refractivity contribution in [3.63, 3.8) is 0 Å². The molecule has 1 saturated heterocycles. The summed E-state index contributed by atoms with van der Waals surface area (Å²) in [7, 11) is 1.84. The van der Waals surface area contributed by atoms with E-state index in [0.717, 1.165) is 56.3 Å². The van der Waals surface area contributed by atoms with Gasteiger partial charge < -0.3 is 20.4 Å². The first-order valence-corrected chi connectivity index (χ1v) is 11.4. The van der Waals surface area contributed by atoms with Crippen molar-refractivity contribution in [1.82, 2.24) is 20.5 Å². The van der Waals surface area contributed by atoms with Gasteiger partial charge in [0.2, 0.25) is 0 Å². The fourth-order valence-electron chi connectivity index (χ4n) is 3.86. The number of hydrogen-bond acceptors (Lipinski definition) is 5. The molecule has 1 aliphatic carbocycles. The Morgan fingerprint density at radius 3 is 2.61 bits per heavy atom. The third-order valence-electron chi connectivity index (χ3n) is 5.69. The monoisotopic (exact) mass is 518 g/mol. The summed E-state index contributed by atoms with van der Waals surface area (Å²) in [6.45, 7) is 8.49. The molecule has 158 valence electrons. The van der Waals surface area contributed by atoms with Gasteiger partial charge in [0.25, 0.3) is 0 Å². The van der Waals surface area contributed by atoms with Gasteiger partial charge in [0, 0.05) is 57.3 Å². The number of aliphatic imine (C=N–C) groups is 1. The Balaban J connectivity index is 0.00000280. The average Bonchev–Trinajstić information content (AvgIpc) is 3.19. The van der Waals surface area contributed by atoms with Crippen molar-refractivity contribution in [2.45, 2.75) is 44.0 Å². The Hall–Kier alpha value is -0.740. The van der Waals surface area contributed by atoms with Crippen LogP contribution in [0.15, 0.2) is 23.3 Å². The van der Waals surface area contributed by atoms with Gasteiger partial charge in [0.05, 0.1) is 0 Å². The van der Waals surface area contributed by atoms with E-state index < -0.39 is 0 Å². The number of guanidine groups is 1. The van der Waals surface area contributed by atoms with Gasteiger partial charge in [-0.3, -0.25) is 4.99 Å². The second-order valence-corrected chi connectivity index (χ2v) is 8.52. The largest absolute Gasteiger partial charge is 0.354 e. The molecule has 3 rings (SSSR count). The highest BCUT2D eigenvalue weighted by atomic mass is 127. The van der Waals surface area contributed by atoms with E-state index in [9.17, 15) is 0 Å². The lowest BCUT2D eigenvalue weighted by Gasteiger charge is -2.34. The molecule has 0 bridgehead atoms. The minimum Gasteiger partial charge on any atom is -0.354 e. The molecule has 1 aromatic heterocycles. The Bertz CT molecular complexity index is 603. The molecule has 8 heteroatoms. The molecule has 2 atom stereocenters. The number of pyridine rings is 1. The lowest BCUT2D eigenvalue weighted by molar-refractivity contribution is 0.270. The minimum absolute atomic E-state index is 0. The fourth-order valence-corrected chi connectivity index (χ4v) is 4.66. The summed E-state index contributed by atoms with van der Waals surface area (Å²) in [5.74, 6) is 1.98. The van der Waals surface area contributed by atoms with E-state index in [1.54, 1.807) is 0 Å². The van der Waals surface area contributed by atoms with Crippen molar-refractivity contribution < 1.29 is 0 Å².